The number of benzene rings is 1. The lowest BCUT2D eigenvalue weighted by molar-refractivity contribution is -0.0984. The number of aliphatic hydroxyl groups is 2. The van der Waals surface area contributed by atoms with E-state index in [1.54, 1.807) is 0 Å². The minimum Gasteiger partial charge on any atom is -0.392 e. The number of nitrogens with one attached hydrogen (secondary N) is 1. The van der Waals surface area contributed by atoms with Gasteiger partial charge in [0.05, 0.1) is 12.2 Å². The monoisotopic (exact) mass is 355 g/mol. The zero-order chi connectivity index (χ0) is 18.0. The third-order valence-corrected chi connectivity index (χ3v) is 8.48. The van der Waals surface area contributed by atoms with Crippen molar-refractivity contribution in [2.45, 2.75) is 77.0 Å². The summed E-state index contributed by atoms with van der Waals surface area (Å²) < 4.78 is 0. The summed E-state index contributed by atoms with van der Waals surface area (Å²) in [6.45, 7) is 4.28. The van der Waals surface area contributed by atoms with Crippen LogP contribution in [0.1, 0.15) is 68.6 Å². The van der Waals surface area contributed by atoms with Gasteiger partial charge in [0.25, 0.3) is 0 Å². The van der Waals surface area contributed by atoms with Gasteiger partial charge in [0.1, 0.15) is 0 Å². The van der Waals surface area contributed by atoms with E-state index in [9.17, 15) is 10.2 Å². The van der Waals surface area contributed by atoms with Gasteiger partial charge in [0.2, 0.25) is 0 Å². The second kappa shape index (κ2) is 5.80. The minimum absolute atomic E-state index is 0.135. The van der Waals surface area contributed by atoms with Crippen molar-refractivity contribution < 1.29 is 10.2 Å². The fourth-order valence-electron chi connectivity index (χ4n) is 7.84. The predicted octanol–water partition coefficient (Wildman–Crippen LogP) is 3.55. The predicted molar refractivity (Wildman–Crippen MR) is 103 cm³/mol. The highest BCUT2D eigenvalue weighted by atomic mass is 16.3. The first-order chi connectivity index (χ1) is 12.5. The van der Waals surface area contributed by atoms with Crippen molar-refractivity contribution in [1.29, 1.82) is 0 Å². The number of aliphatic hydroxyl groups excluding tert-OH is 1. The first kappa shape index (κ1) is 17.2. The summed E-state index contributed by atoms with van der Waals surface area (Å²) in [4.78, 5) is 0. The lowest BCUT2D eigenvalue weighted by Gasteiger charge is -2.59. The van der Waals surface area contributed by atoms with Crippen LogP contribution in [0.4, 0.5) is 0 Å². The number of hydrogen-bond acceptors (Lipinski definition) is 3. The summed E-state index contributed by atoms with van der Waals surface area (Å²) in [5.74, 6) is 1.69. The quantitative estimate of drug-likeness (QED) is 0.701. The van der Waals surface area contributed by atoms with Crippen molar-refractivity contribution in [2.24, 2.45) is 22.7 Å². The lowest BCUT2D eigenvalue weighted by atomic mass is 9.46. The van der Waals surface area contributed by atoms with E-state index in [0.717, 1.165) is 62.6 Å². The summed E-state index contributed by atoms with van der Waals surface area (Å²) >= 11 is 0. The van der Waals surface area contributed by atoms with Crippen LogP contribution in [0.3, 0.4) is 0 Å². The van der Waals surface area contributed by atoms with Gasteiger partial charge in [-0.1, -0.05) is 31.5 Å². The standard InChI is InChI=1S/C23H33NO2/c1-2-3-18-6-16(4-5-19(18)12-25)11-24-15-21-10-20-7-17-8-22(26,13-21)14-23(20,21)9-17/h4-6,17,20,24-26H,2-3,7-15H2,1H3. The lowest BCUT2D eigenvalue weighted by Crippen LogP contribution is -2.56. The molecule has 4 aliphatic rings. The van der Waals surface area contributed by atoms with E-state index >= 15 is 0 Å². The van der Waals surface area contributed by atoms with E-state index in [0.29, 0.717) is 10.8 Å². The maximum atomic E-state index is 11.1. The van der Waals surface area contributed by atoms with E-state index in [1.165, 1.54) is 30.4 Å². The van der Waals surface area contributed by atoms with Crippen LogP contribution in [-0.4, -0.2) is 22.4 Å². The zero-order valence-electron chi connectivity index (χ0n) is 16.1. The number of hydrogen-bond donors (Lipinski definition) is 3. The average molecular weight is 356 g/mol. The molecule has 142 valence electrons. The highest BCUT2D eigenvalue weighted by molar-refractivity contribution is 5.32. The molecule has 4 aliphatic carbocycles. The molecule has 1 aromatic carbocycles. The second-order valence-electron chi connectivity index (χ2n) is 10.0. The zero-order valence-corrected chi connectivity index (χ0v) is 16.1. The summed E-state index contributed by atoms with van der Waals surface area (Å²) in [6, 6.07) is 6.52. The first-order valence-electron chi connectivity index (χ1n) is 10.7. The smallest absolute Gasteiger partial charge is 0.0684 e. The summed E-state index contributed by atoms with van der Waals surface area (Å²) in [7, 11) is 0. The molecule has 1 spiro atoms. The van der Waals surface area contributed by atoms with Crippen molar-refractivity contribution in [1.82, 2.24) is 5.32 Å². The molecule has 4 fully saturated rings. The Balaban J connectivity index is 1.27. The SMILES string of the molecule is CCCc1cc(CNCC23CC4CC5CC(O)(C2)CC43C5)ccc1CO. The van der Waals surface area contributed by atoms with Crippen LogP contribution in [0.15, 0.2) is 18.2 Å². The van der Waals surface area contributed by atoms with Crippen LogP contribution < -0.4 is 5.32 Å². The van der Waals surface area contributed by atoms with Gasteiger partial charge >= 0.3 is 0 Å². The van der Waals surface area contributed by atoms with Crippen molar-refractivity contribution in [3.8, 4) is 0 Å². The third-order valence-electron chi connectivity index (χ3n) is 8.48. The molecule has 0 amide bonds. The topological polar surface area (TPSA) is 52.5 Å². The van der Waals surface area contributed by atoms with Crippen LogP contribution in [0.2, 0.25) is 0 Å². The second-order valence-corrected chi connectivity index (χ2v) is 10.0. The van der Waals surface area contributed by atoms with Gasteiger partial charge in [-0.3, -0.25) is 0 Å². The largest absolute Gasteiger partial charge is 0.392 e. The van der Waals surface area contributed by atoms with Crippen molar-refractivity contribution in [3.05, 3.63) is 34.9 Å². The van der Waals surface area contributed by atoms with E-state index in [-0.39, 0.29) is 12.2 Å². The van der Waals surface area contributed by atoms with E-state index in [4.69, 9.17) is 0 Å². The van der Waals surface area contributed by atoms with Gasteiger partial charge in [0, 0.05) is 13.1 Å². The van der Waals surface area contributed by atoms with E-state index in [2.05, 4.69) is 30.4 Å². The van der Waals surface area contributed by atoms with Gasteiger partial charge in [-0.2, -0.15) is 0 Å². The molecule has 3 heteroatoms. The molecule has 0 aliphatic heterocycles. The van der Waals surface area contributed by atoms with E-state index < -0.39 is 0 Å². The molecule has 5 rings (SSSR count). The summed E-state index contributed by atoms with van der Waals surface area (Å²) in [5, 5.41) is 24.4. The fourth-order valence-corrected chi connectivity index (χ4v) is 7.84. The molecule has 1 aromatic rings. The van der Waals surface area contributed by atoms with Crippen LogP contribution in [-0.2, 0) is 19.6 Å². The molecule has 5 atom stereocenters. The number of fused-ring (bicyclic) bond motifs is 2. The number of rotatable bonds is 7. The minimum atomic E-state index is -0.354. The molecule has 0 heterocycles. The Morgan fingerprint density at radius 2 is 2.04 bits per heavy atom. The Morgan fingerprint density at radius 1 is 1.15 bits per heavy atom. The van der Waals surface area contributed by atoms with Gasteiger partial charge in [-0.25, -0.2) is 0 Å². The van der Waals surface area contributed by atoms with Crippen molar-refractivity contribution in [2.75, 3.05) is 6.54 Å². The Labute approximate surface area is 157 Å². The molecular formula is C23H33NO2. The Bertz CT molecular complexity index is 718. The summed E-state index contributed by atoms with van der Waals surface area (Å²) in [5.41, 5.74) is 4.14. The molecule has 0 radical (unpaired) electrons. The molecule has 3 bridgehead atoms. The van der Waals surface area contributed by atoms with Gasteiger partial charge in [-0.05, 0) is 84.3 Å². The summed E-state index contributed by atoms with van der Waals surface area (Å²) in [6.07, 6.45) is 9.42. The average Bonchev–Trinajstić information content (AvgIpc) is 2.89. The Morgan fingerprint density at radius 3 is 2.85 bits per heavy atom. The Kier molecular flexibility index (Phi) is 3.84. The molecule has 0 saturated heterocycles. The van der Waals surface area contributed by atoms with Crippen LogP contribution in [0, 0.1) is 22.7 Å². The van der Waals surface area contributed by atoms with Gasteiger partial charge < -0.3 is 15.5 Å². The molecule has 0 aromatic heterocycles. The Hall–Kier alpha value is -0.900. The highest BCUT2D eigenvalue weighted by Gasteiger charge is 2.77. The van der Waals surface area contributed by atoms with Crippen LogP contribution in [0.25, 0.3) is 0 Å². The maximum Gasteiger partial charge on any atom is 0.0684 e. The van der Waals surface area contributed by atoms with Gasteiger partial charge in [-0.15, -0.1) is 0 Å². The van der Waals surface area contributed by atoms with E-state index in [1.807, 2.05) is 0 Å². The molecule has 26 heavy (non-hydrogen) atoms. The normalized spacial score (nSPS) is 42.1. The molecule has 4 saturated carbocycles. The maximum absolute atomic E-state index is 11.1. The van der Waals surface area contributed by atoms with Crippen LogP contribution >= 0.6 is 0 Å². The van der Waals surface area contributed by atoms with Crippen molar-refractivity contribution in [3.63, 3.8) is 0 Å². The first-order valence-corrected chi connectivity index (χ1v) is 10.7. The molecule has 3 nitrogen and oxygen atoms in total. The van der Waals surface area contributed by atoms with Crippen LogP contribution in [0.5, 0.6) is 0 Å². The van der Waals surface area contributed by atoms with Crippen molar-refractivity contribution >= 4 is 0 Å². The molecule has 3 N–H and O–H groups in total. The third kappa shape index (κ3) is 2.30. The molecule has 5 unspecified atom stereocenters. The molecular weight excluding hydrogens is 322 g/mol. The number of aryl methyl sites for hydroxylation is 1. The van der Waals surface area contributed by atoms with Gasteiger partial charge in [0.15, 0.2) is 0 Å². The fraction of sp³-hybridized carbons (Fsp3) is 0.739. The highest BCUT2D eigenvalue weighted by Crippen LogP contribution is 2.81.